The maximum atomic E-state index is 4.95. The predicted molar refractivity (Wildman–Crippen MR) is 51.5 cm³/mol. The van der Waals surface area contributed by atoms with Gasteiger partial charge in [0.1, 0.15) is 0 Å². The van der Waals surface area contributed by atoms with Gasteiger partial charge in [0.15, 0.2) is 4.77 Å². The predicted octanol–water partition coefficient (Wildman–Crippen LogP) is 2.58. The highest BCUT2D eigenvalue weighted by molar-refractivity contribution is 7.71. The minimum Gasteiger partial charge on any atom is -0.337 e. The van der Waals surface area contributed by atoms with Crippen molar-refractivity contribution in [1.29, 1.82) is 0 Å². The Morgan fingerprint density at radius 1 is 1.42 bits per heavy atom. The van der Waals surface area contributed by atoms with E-state index in [2.05, 4.69) is 22.1 Å². The molecular formula is C9H12N2S. The Morgan fingerprint density at radius 3 is 2.75 bits per heavy atom. The second-order valence-electron chi connectivity index (χ2n) is 3.28. The minimum atomic E-state index is 0.732. The average molecular weight is 180 g/mol. The molecule has 1 heterocycles. The van der Waals surface area contributed by atoms with E-state index in [-0.39, 0.29) is 0 Å². The quantitative estimate of drug-likeness (QED) is 0.532. The lowest BCUT2D eigenvalue weighted by Crippen LogP contribution is -1.98. The van der Waals surface area contributed by atoms with Crippen molar-refractivity contribution in [2.45, 2.75) is 19.3 Å². The molecule has 1 aromatic heterocycles. The van der Waals surface area contributed by atoms with Gasteiger partial charge >= 0.3 is 0 Å². The Morgan fingerprint density at radius 2 is 2.17 bits per heavy atom. The summed E-state index contributed by atoms with van der Waals surface area (Å²) in [6.07, 6.45) is 10.0. The summed E-state index contributed by atoms with van der Waals surface area (Å²) >= 11 is 4.95. The van der Waals surface area contributed by atoms with Crippen LogP contribution >= 0.6 is 12.2 Å². The first kappa shape index (κ1) is 7.80. The van der Waals surface area contributed by atoms with Gasteiger partial charge in [0.2, 0.25) is 0 Å². The van der Waals surface area contributed by atoms with Crippen LogP contribution in [0.1, 0.15) is 18.5 Å². The summed E-state index contributed by atoms with van der Waals surface area (Å²) in [7, 11) is 0. The zero-order chi connectivity index (χ0) is 8.39. The van der Waals surface area contributed by atoms with Crippen molar-refractivity contribution in [2.24, 2.45) is 5.92 Å². The lowest BCUT2D eigenvalue weighted by molar-refractivity contribution is 0.560. The fourth-order valence-corrected chi connectivity index (χ4v) is 1.82. The van der Waals surface area contributed by atoms with Gasteiger partial charge in [-0.1, -0.05) is 12.2 Å². The maximum absolute atomic E-state index is 4.95. The van der Waals surface area contributed by atoms with Crippen molar-refractivity contribution in [2.75, 3.05) is 0 Å². The summed E-state index contributed by atoms with van der Waals surface area (Å²) in [6.45, 7) is 0. The molecule has 0 aromatic carbocycles. The van der Waals surface area contributed by atoms with Crippen molar-refractivity contribution in [3.8, 4) is 0 Å². The molecule has 2 N–H and O–H groups in total. The summed E-state index contributed by atoms with van der Waals surface area (Å²) in [5, 5.41) is 0. The molecule has 2 rings (SSSR count). The summed E-state index contributed by atoms with van der Waals surface area (Å²) in [5.41, 5.74) is 1.23. The van der Waals surface area contributed by atoms with Crippen LogP contribution in [-0.4, -0.2) is 9.97 Å². The first-order valence-electron chi connectivity index (χ1n) is 4.26. The highest BCUT2D eigenvalue weighted by Crippen LogP contribution is 2.21. The van der Waals surface area contributed by atoms with Crippen molar-refractivity contribution >= 4 is 12.2 Å². The van der Waals surface area contributed by atoms with E-state index in [9.17, 15) is 0 Å². The number of aromatic nitrogens is 2. The molecule has 1 aliphatic rings. The van der Waals surface area contributed by atoms with E-state index >= 15 is 0 Å². The van der Waals surface area contributed by atoms with Crippen LogP contribution in [-0.2, 0) is 6.42 Å². The van der Waals surface area contributed by atoms with Crippen molar-refractivity contribution < 1.29 is 0 Å². The van der Waals surface area contributed by atoms with E-state index in [0.29, 0.717) is 0 Å². The number of hydrogen-bond donors (Lipinski definition) is 2. The molecular weight excluding hydrogens is 168 g/mol. The van der Waals surface area contributed by atoms with Crippen molar-refractivity contribution in [1.82, 2.24) is 9.97 Å². The van der Waals surface area contributed by atoms with Crippen LogP contribution in [0.5, 0.6) is 0 Å². The third-order valence-corrected chi connectivity index (χ3v) is 2.49. The molecule has 12 heavy (non-hydrogen) atoms. The Kier molecular flexibility index (Phi) is 2.13. The van der Waals surface area contributed by atoms with E-state index < -0.39 is 0 Å². The average Bonchev–Trinajstić information content (AvgIpc) is 2.63. The van der Waals surface area contributed by atoms with Gasteiger partial charge in [0, 0.05) is 11.9 Å². The molecule has 1 aromatic rings. The van der Waals surface area contributed by atoms with Crippen LogP contribution < -0.4 is 0 Å². The third kappa shape index (κ3) is 1.67. The molecule has 0 atom stereocenters. The van der Waals surface area contributed by atoms with E-state index in [4.69, 9.17) is 12.2 Å². The van der Waals surface area contributed by atoms with Gasteiger partial charge in [-0.25, -0.2) is 0 Å². The van der Waals surface area contributed by atoms with Gasteiger partial charge in [-0.2, -0.15) is 0 Å². The largest absolute Gasteiger partial charge is 0.337 e. The molecule has 0 fully saturated rings. The van der Waals surface area contributed by atoms with Gasteiger partial charge in [-0.15, -0.1) is 0 Å². The molecule has 3 heteroatoms. The number of hydrogen-bond acceptors (Lipinski definition) is 1. The summed E-state index contributed by atoms with van der Waals surface area (Å²) in [4.78, 5) is 6.12. The molecule has 0 unspecified atom stereocenters. The van der Waals surface area contributed by atoms with Gasteiger partial charge in [-0.3, -0.25) is 0 Å². The monoisotopic (exact) mass is 180 g/mol. The summed E-state index contributed by atoms with van der Waals surface area (Å²) in [5.74, 6) is 0.784. The Hall–Kier alpha value is -0.830. The van der Waals surface area contributed by atoms with E-state index in [0.717, 1.165) is 17.1 Å². The number of allylic oxidation sites excluding steroid dienone is 2. The molecule has 64 valence electrons. The minimum absolute atomic E-state index is 0.732. The Labute approximate surface area is 76.7 Å². The van der Waals surface area contributed by atoms with Gasteiger partial charge in [0.05, 0.1) is 0 Å². The van der Waals surface area contributed by atoms with E-state index in [1.54, 1.807) is 0 Å². The molecule has 2 nitrogen and oxygen atoms in total. The van der Waals surface area contributed by atoms with Crippen LogP contribution in [0.3, 0.4) is 0 Å². The number of aromatic amines is 2. The fraction of sp³-hybridized carbons (Fsp3) is 0.444. The molecule has 1 aliphatic carbocycles. The highest BCUT2D eigenvalue weighted by atomic mass is 32.1. The molecule has 0 saturated heterocycles. The molecule has 0 bridgehead atoms. The topological polar surface area (TPSA) is 31.6 Å². The van der Waals surface area contributed by atoms with Crippen molar-refractivity contribution in [3.63, 3.8) is 0 Å². The lowest BCUT2D eigenvalue weighted by Gasteiger charge is -2.05. The van der Waals surface area contributed by atoms with Crippen LogP contribution in [0, 0.1) is 10.7 Å². The first-order chi connectivity index (χ1) is 5.84. The highest BCUT2D eigenvalue weighted by Gasteiger charge is 2.11. The fourth-order valence-electron chi connectivity index (χ4n) is 1.63. The summed E-state index contributed by atoms with van der Waals surface area (Å²) < 4.78 is 0.732. The van der Waals surface area contributed by atoms with Gasteiger partial charge in [0.25, 0.3) is 0 Å². The van der Waals surface area contributed by atoms with E-state index in [1.165, 1.54) is 18.5 Å². The standard InChI is InChI=1S/C9H12N2S/c12-9-10-6-8(11-9)5-7-3-1-2-4-7/h1-2,6-7H,3-5H2,(H2,10,11,12). The first-order valence-corrected chi connectivity index (χ1v) is 4.67. The van der Waals surface area contributed by atoms with Crippen LogP contribution in [0.4, 0.5) is 0 Å². The van der Waals surface area contributed by atoms with E-state index in [1.807, 2.05) is 6.20 Å². The van der Waals surface area contributed by atoms with Gasteiger partial charge < -0.3 is 9.97 Å². The normalized spacial score (nSPS) is 17.3. The lowest BCUT2D eigenvalue weighted by atomic mass is 10.0. The van der Waals surface area contributed by atoms with Crippen LogP contribution in [0.2, 0.25) is 0 Å². The zero-order valence-electron chi connectivity index (χ0n) is 6.84. The van der Waals surface area contributed by atoms with Crippen LogP contribution in [0.25, 0.3) is 0 Å². The second kappa shape index (κ2) is 3.27. The molecule has 0 amide bonds. The Balaban J connectivity index is 1.99. The zero-order valence-corrected chi connectivity index (χ0v) is 7.66. The molecule has 0 aliphatic heterocycles. The number of H-pyrrole nitrogens is 2. The van der Waals surface area contributed by atoms with Gasteiger partial charge in [-0.05, 0) is 37.4 Å². The third-order valence-electron chi connectivity index (χ3n) is 2.27. The number of imidazole rings is 1. The number of nitrogens with one attached hydrogen (secondary N) is 2. The maximum Gasteiger partial charge on any atom is 0.174 e. The van der Waals surface area contributed by atoms with Crippen LogP contribution in [0.15, 0.2) is 18.3 Å². The Bertz CT molecular complexity index is 326. The molecule has 0 spiro atoms. The molecule has 0 saturated carbocycles. The summed E-state index contributed by atoms with van der Waals surface area (Å²) in [6, 6.07) is 0. The smallest absolute Gasteiger partial charge is 0.174 e. The number of rotatable bonds is 2. The van der Waals surface area contributed by atoms with Crippen molar-refractivity contribution in [3.05, 3.63) is 28.8 Å². The SMILES string of the molecule is S=c1[nH]cc(CC2CC=CC2)[nH]1. The molecule has 0 radical (unpaired) electrons. The second-order valence-corrected chi connectivity index (χ2v) is 3.69.